The number of hydrogen-bond donors (Lipinski definition) is 2. The number of piperidine rings is 1. The number of ether oxygens (including phenoxy) is 2. The number of nitrogens with zero attached hydrogens (tertiary/aromatic N) is 1. The third-order valence-corrected chi connectivity index (χ3v) is 6.42. The molecule has 0 unspecified atom stereocenters. The standard InChI is InChI=1S/C21H28N2O5S/c1-27-19-8-10-21(11-9-19)29(25,26)22-18-3-2-12-23(16-18)15-17-4-6-20(7-5-17)28-14-13-24/h4-11,18,22,24H,2-3,12-16H2,1H3/t18-/m1/s1. The molecule has 8 heteroatoms. The topological polar surface area (TPSA) is 88.1 Å². The molecule has 158 valence electrons. The van der Waals surface area contributed by atoms with Gasteiger partial charge in [-0.3, -0.25) is 4.90 Å². The summed E-state index contributed by atoms with van der Waals surface area (Å²) in [6.07, 6.45) is 1.76. The van der Waals surface area contributed by atoms with Crippen LogP contribution in [0.5, 0.6) is 11.5 Å². The maximum Gasteiger partial charge on any atom is 0.240 e. The fourth-order valence-electron chi connectivity index (χ4n) is 3.45. The molecule has 0 spiro atoms. The van der Waals surface area contributed by atoms with Gasteiger partial charge in [0.05, 0.1) is 18.6 Å². The number of nitrogens with one attached hydrogen (secondary N) is 1. The summed E-state index contributed by atoms with van der Waals surface area (Å²) >= 11 is 0. The van der Waals surface area contributed by atoms with Crippen LogP contribution in [-0.2, 0) is 16.6 Å². The Kier molecular flexibility index (Phi) is 7.49. The van der Waals surface area contributed by atoms with E-state index in [4.69, 9.17) is 14.6 Å². The molecule has 1 saturated heterocycles. The Morgan fingerprint density at radius 3 is 2.45 bits per heavy atom. The van der Waals surface area contributed by atoms with Gasteiger partial charge in [-0.05, 0) is 61.3 Å². The molecule has 29 heavy (non-hydrogen) atoms. The molecule has 0 bridgehead atoms. The predicted molar refractivity (Wildman–Crippen MR) is 111 cm³/mol. The van der Waals surface area contributed by atoms with Crippen molar-refractivity contribution < 1.29 is 23.0 Å². The van der Waals surface area contributed by atoms with Crippen LogP contribution in [0.15, 0.2) is 53.4 Å². The molecule has 0 amide bonds. The molecule has 1 aliphatic rings. The van der Waals surface area contributed by atoms with Crippen LogP contribution in [0.1, 0.15) is 18.4 Å². The zero-order valence-electron chi connectivity index (χ0n) is 16.6. The first-order valence-electron chi connectivity index (χ1n) is 9.71. The first-order chi connectivity index (χ1) is 14.0. The molecular formula is C21H28N2O5S. The molecular weight excluding hydrogens is 392 g/mol. The number of sulfonamides is 1. The number of aliphatic hydroxyl groups is 1. The van der Waals surface area contributed by atoms with Crippen molar-refractivity contribution in [2.24, 2.45) is 0 Å². The van der Waals surface area contributed by atoms with E-state index in [0.717, 1.165) is 37.2 Å². The number of hydrogen-bond acceptors (Lipinski definition) is 6. The predicted octanol–water partition coefficient (Wildman–Crippen LogP) is 2.01. The molecule has 3 rings (SSSR count). The maximum atomic E-state index is 12.7. The summed E-state index contributed by atoms with van der Waals surface area (Å²) in [5.74, 6) is 1.35. The summed E-state index contributed by atoms with van der Waals surface area (Å²) in [5.41, 5.74) is 1.14. The highest BCUT2D eigenvalue weighted by molar-refractivity contribution is 7.89. The fraction of sp³-hybridized carbons (Fsp3) is 0.429. The molecule has 1 atom stereocenters. The van der Waals surface area contributed by atoms with E-state index in [-0.39, 0.29) is 24.2 Å². The summed E-state index contributed by atoms with van der Waals surface area (Å²) in [4.78, 5) is 2.50. The molecule has 0 radical (unpaired) electrons. The van der Waals surface area contributed by atoms with Gasteiger partial charge in [-0.2, -0.15) is 0 Å². The van der Waals surface area contributed by atoms with Crippen molar-refractivity contribution in [1.29, 1.82) is 0 Å². The Morgan fingerprint density at radius 1 is 1.10 bits per heavy atom. The Morgan fingerprint density at radius 2 is 1.79 bits per heavy atom. The monoisotopic (exact) mass is 420 g/mol. The van der Waals surface area contributed by atoms with Crippen LogP contribution in [0.4, 0.5) is 0 Å². The number of rotatable bonds is 9. The van der Waals surface area contributed by atoms with Crippen molar-refractivity contribution in [3.63, 3.8) is 0 Å². The van der Waals surface area contributed by atoms with Gasteiger partial charge in [0, 0.05) is 19.1 Å². The minimum atomic E-state index is -3.56. The number of aliphatic hydroxyl groups excluding tert-OH is 1. The zero-order valence-corrected chi connectivity index (χ0v) is 17.4. The average Bonchev–Trinajstić information content (AvgIpc) is 2.73. The van der Waals surface area contributed by atoms with Gasteiger partial charge in [0.2, 0.25) is 10.0 Å². The summed E-state index contributed by atoms with van der Waals surface area (Å²) in [6, 6.07) is 14.1. The van der Waals surface area contributed by atoms with Crippen LogP contribution < -0.4 is 14.2 Å². The second-order valence-corrected chi connectivity index (χ2v) is 8.80. The Hall–Kier alpha value is -2.13. The first-order valence-corrected chi connectivity index (χ1v) is 11.2. The van der Waals surface area contributed by atoms with Crippen molar-refractivity contribution in [2.45, 2.75) is 30.3 Å². The number of likely N-dealkylation sites (tertiary alicyclic amines) is 1. The molecule has 0 aliphatic carbocycles. The smallest absolute Gasteiger partial charge is 0.240 e. The van der Waals surface area contributed by atoms with Crippen molar-refractivity contribution in [1.82, 2.24) is 9.62 Å². The van der Waals surface area contributed by atoms with E-state index in [1.54, 1.807) is 31.4 Å². The average molecular weight is 421 g/mol. The fourth-order valence-corrected chi connectivity index (χ4v) is 4.71. The normalized spacial score (nSPS) is 17.8. The lowest BCUT2D eigenvalue weighted by molar-refractivity contribution is 0.194. The van der Waals surface area contributed by atoms with Crippen LogP contribution in [0.25, 0.3) is 0 Å². The maximum absolute atomic E-state index is 12.7. The highest BCUT2D eigenvalue weighted by Gasteiger charge is 2.25. The molecule has 2 N–H and O–H groups in total. The highest BCUT2D eigenvalue weighted by Crippen LogP contribution is 2.20. The van der Waals surface area contributed by atoms with Crippen molar-refractivity contribution in [2.75, 3.05) is 33.4 Å². The van der Waals surface area contributed by atoms with E-state index in [2.05, 4.69) is 9.62 Å². The molecule has 1 heterocycles. The minimum absolute atomic E-state index is 0.0106. The molecule has 0 saturated carbocycles. The zero-order chi connectivity index (χ0) is 20.7. The van der Waals surface area contributed by atoms with E-state index in [1.165, 1.54) is 0 Å². The van der Waals surface area contributed by atoms with Gasteiger partial charge >= 0.3 is 0 Å². The van der Waals surface area contributed by atoms with Gasteiger partial charge in [0.1, 0.15) is 18.1 Å². The van der Waals surface area contributed by atoms with E-state index in [1.807, 2.05) is 24.3 Å². The van der Waals surface area contributed by atoms with E-state index in [0.29, 0.717) is 12.3 Å². The molecule has 1 aliphatic heterocycles. The van der Waals surface area contributed by atoms with Crippen LogP contribution in [-0.4, -0.2) is 57.9 Å². The molecule has 2 aromatic carbocycles. The summed E-state index contributed by atoms with van der Waals surface area (Å²) in [5, 5.41) is 8.81. The first kappa shape index (κ1) is 21.6. The lowest BCUT2D eigenvalue weighted by Crippen LogP contribution is -2.47. The summed E-state index contributed by atoms with van der Waals surface area (Å²) in [6.45, 7) is 2.62. The lowest BCUT2D eigenvalue weighted by atomic mass is 10.1. The van der Waals surface area contributed by atoms with Crippen molar-refractivity contribution in [3.05, 3.63) is 54.1 Å². The number of benzene rings is 2. The lowest BCUT2D eigenvalue weighted by Gasteiger charge is -2.33. The third-order valence-electron chi connectivity index (χ3n) is 4.89. The van der Waals surface area contributed by atoms with Gasteiger partial charge in [0.15, 0.2) is 0 Å². The molecule has 2 aromatic rings. The highest BCUT2D eigenvalue weighted by atomic mass is 32.2. The van der Waals surface area contributed by atoms with E-state index >= 15 is 0 Å². The second-order valence-electron chi connectivity index (χ2n) is 7.09. The Bertz CT molecular complexity index is 869. The SMILES string of the molecule is COc1ccc(S(=O)(=O)N[C@@H]2CCCN(Cc3ccc(OCCO)cc3)C2)cc1. The van der Waals surface area contributed by atoms with Crippen molar-refractivity contribution >= 4 is 10.0 Å². The largest absolute Gasteiger partial charge is 0.497 e. The van der Waals surface area contributed by atoms with Crippen LogP contribution in [0.2, 0.25) is 0 Å². The minimum Gasteiger partial charge on any atom is -0.497 e. The van der Waals surface area contributed by atoms with Gasteiger partial charge in [-0.15, -0.1) is 0 Å². The third kappa shape index (κ3) is 6.17. The van der Waals surface area contributed by atoms with Crippen LogP contribution >= 0.6 is 0 Å². The van der Waals surface area contributed by atoms with Gasteiger partial charge < -0.3 is 14.6 Å². The Labute approximate surface area is 172 Å². The summed E-state index contributed by atoms with van der Waals surface area (Å²) < 4.78 is 38.7. The molecule has 1 fully saturated rings. The van der Waals surface area contributed by atoms with Gasteiger partial charge in [0.25, 0.3) is 0 Å². The van der Waals surface area contributed by atoms with E-state index in [9.17, 15) is 8.42 Å². The van der Waals surface area contributed by atoms with E-state index < -0.39 is 10.0 Å². The summed E-state index contributed by atoms with van der Waals surface area (Å²) in [7, 11) is -2.02. The Balaban J connectivity index is 1.57. The second kappa shape index (κ2) is 10.1. The molecule has 7 nitrogen and oxygen atoms in total. The van der Waals surface area contributed by atoms with Crippen LogP contribution in [0.3, 0.4) is 0 Å². The van der Waals surface area contributed by atoms with Crippen molar-refractivity contribution in [3.8, 4) is 11.5 Å². The quantitative estimate of drug-likeness (QED) is 0.645. The van der Waals surface area contributed by atoms with Gasteiger partial charge in [-0.25, -0.2) is 13.1 Å². The van der Waals surface area contributed by atoms with Crippen LogP contribution in [0, 0.1) is 0 Å². The molecule has 0 aromatic heterocycles. The number of methoxy groups -OCH3 is 1. The van der Waals surface area contributed by atoms with Gasteiger partial charge in [-0.1, -0.05) is 12.1 Å².